The van der Waals surface area contributed by atoms with Crippen molar-refractivity contribution in [3.63, 3.8) is 0 Å². The summed E-state index contributed by atoms with van der Waals surface area (Å²) in [6.07, 6.45) is 1.65. The van der Waals surface area contributed by atoms with Gasteiger partial charge in [0.1, 0.15) is 12.4 Å². The van der Waals surface area contributed by atoms with Gasteiger partial charge in [0.25, 0.3) is 0 Å². The first-order valence-corrected chi connectivity index (χ1v) is 6.99. The third-order valence-corrected chi connectivity index (χ3v) is 2.80. The molecule has 0 unspecified atom stereocenters. The molecule has 0 aliphatic rings. The average molecular weight is 274 g/mol. The Labute approximate surface area is 120 Å². The first-order chi connectivity index (χ1) is 9.74. The van der Waals surface area contributed by atoms with Crippen LogP contribution < -0.4 is 5.32 Å². The Morgan fingerprint density at radius 2 is 2.00 bits per heavy atom. The van der Waals surface area contributed by atoms with Crippen molar-refractivity contribution in [2.24, 2.45) is 5.92 Å². The van der Waals surface area contributed by atoms with Crippen LogP contribution in [0.2, 0.25) is 0 Å². The number of hydrogen-bond donors (Lipinski definition) is 1. The van der Waals surface area contributed by atoms with Gasteiger partial charge in [0.2, 0.25) is 0 Å². The van der Waals surface area contributed by atoms with E-state index >= 15 is 0 Å². The molecule has 2 aromatic rings. The first kappa shape index (κ1) is 14.8. The summed E-state index contributed by atoms with van der Waals surface area (Å²) in [7, 11) is 0. The maximum atomic E-state index is 5.59. The quantitative estimate of drug-likeness (QED) is 0.803. The summed E-state index contributed by atoms with van der Waals surface area (Å²) in [4.78, 5) is 4.57. The molecular weight excluding hydrogens is 252 g/mol. The van der Waals surface area contributed by atoms with Crippen molar-refractivity contribution in [1.82, 2.24) is 10.3 Å². The number of furan rings is 1. The van der Waals surface area contributed by atoms with Crippen molar-refractivity contribution in [1.29, 1.82) is 0 Å². The van der Waals surface area contributed by atoms with Crippen molar-refractivity contribution in [2.75, 3.05) is 6.54 Å². The molecule has 0 spiro atoms. The van der Waals surface area contributed by atoms with Crippen LogP contribution in [0.25, 0.3) is 0 Å². The summed E-state index contributed by atoms with van der Waals surface area (Å²) in [6.45, 7) is 7.16. The molecule has 2 aromatic heterocycles. The molecule has 0 saturated heterocycles. The summed E-state index contributed by atoms with van der Waals surface area (Å²) >= 11 is 0. The second-order valence-corrected chi connectivity index (χ2v) is 5.22. The zero-order valence-electron chi connectivity index (χ0n) is 12.1. The molecule has 20 heavy (non-hydrogen) atoms. The van der Waals surface area contributed by atoms with Crippen LogP contribution in [0, 0.1) is 5.92 Å². The molecule has 1 N–H and O–H groups in total. The van der Waals surface area contributed by atoms with E-state index in [0.29, 0.717) is 19.1 Å². The maximum Gasteiger partial charge on any atom is 0.129 e. The van der Waals surface area contributed by atoms with Crippen LogP contribution in [0.1, 0.15) is 31.0 Å². The molecule has 0 bridgehead atoms. The van der Waals surface area contributed by atoms with E-state index in [1.807, 2.05) is 30.3 Å². The number of rotatable bonds is 8. The Morgan fingerprint density at radius 3 is 2.75 bits per heavy atom. The highest BCUT2D eigenvalue weighted by Gasteiger charge is 2.01. The van der Waals surface area contributed by atoms with E-state index in [1.165, 1.54) is 0 Å². The molecule has 0 atom stereocenters. The van der Waals surface area contributed by atoms with Gasteiger partial charge in [-0.3, -0.25) is 4.98 Å². The predicted octanol–water partition coefficient (Wildman–Crippen LogP) is 3.14. The summed E-state index contributed by atoms with van der Waals surface area (Å²) in [5.41, 5.74) is 1.99. The van der Waals surface area contributed by atoms with E-state index in [2.05, 4.69) is 24.1 Å². The Balaban J connectivity index is 1.77. The molecule has 4 nitrogen and oxygen atoms in total. The lowest BCUT2D eigenvalue weighted by Crippen LogP contribution is -2.19. The van der Waals surface area contributed by atoms with E-state index in [9.17, 15) is 0 Å². The average Bonchev–Trinajstić information content (AvgIpc) is 2.92. The highest BCUT2D eigenvalue weighted by atomic mass is 16.5. The van der Waals surface area contributed by atoms with E-state index in [-0.39, 0.29) is 0 Å². The van der Waals surface area contributed by atoms with Crippen molar-refractivity contribution in [3.8, 4) is 0 Å². The molecule has 108 valence electrons. The zero-order chi connectivity index (χ0) is 14.2. The lowest BCUT2D eigenvalue weighted by molar-refractivity contribution is 0.0905. The zero-order valence-corrected chi connectivity index (χ0v) is 12.1. The summed E-state index contributed by atoms with van der Waals surface area (Å²) in [5, 5.41) is 3.39. The lowest BCUT2D eigenvalue weighted by atomic mass is 10.2. The Hall–Kier alpha value is -1.65. The minimum absolute atomic E-state index is 0.477. The van der Waals surface area contributed by atoms with Gasteiger partial charge in [0.15, 0.2) is 0 Å². The Morgan fingerprint density at radius 1 is 1.15 bits per heavy atom. The summed E-state index contributed by atoms with van der Waals surface area (Å²) < 4.78 is 10.8. The number of pyridine rings is 1. The van der Waals surface area contributed by atoms with Crippen LogP contribution >= 0.6 is 0 Å². The molecule has 0 amide bonds. The van der Waals surface area contributed by atoms with Gasteiger partial charge in [-0.25, -0.2) is 0 Å². The van der Waals surface area contributed by atoms with Crippen LogP contribution in [-0.2, 0) is 24.5 Å². The molecule has 0 fully saturated rings. The Bertz CT molecular complexity index is 495. The largest absolute Gasteiger partial charge is 0.467 e. The Kier molecular flexibility index (Phi) is 5.77. The second kappa shape index (κ2) is 7.82. The summed E-state index contributed by atoms with van der Waals surface area (Å²) in [5.74, 6) is 1.48. The van der Waals surface area contributed by atoms with Gasteiger partial charge in [0.05, 0.1) is 24.3 Å². The fourth-order valence-electron chi connectivity index (χ4n) is 1.85. The van der Waals surface area contributed by atoms with E-state index in [0.717, 1.165) is 30.2 Å². The molecule has 0 aliphatic heterocycles. The lowest BCUT2D eigenvalue weighted by Gasteiger charge is -2.08. The van der Waals surface area contributed by atoms with Crippen LogP contribution in [-0.4, -0.2) is 11.5 Å². The third-order valence-electron chi connectivity index (χ3n) is 2.80. The van der Waals surface area contributed by atoms with Gasteiger partial charge in [-0.15, -0.1) is 0 Å². The van der Waals surface area contributed by atoms with Crippen molar-refractivity contribution < 1.29 is 9.15 Å². The van der Waals surface area contributed by atoms with Gasteiger partial charge in [-0.2, -0.15) is 0 Å². The molecular formula is C16H22N2O2. The van der Waals surface area contributed by atoms with Crippen LogP contribution in [0.15, 0.2) is 41.0 Å². The van der Waals surface area contributed by atoms with E-state index < -0.39 is 0 Å². The molecule has 0 radical (unpaired) electrons. The van der Waals surface area contributed by atoms with Crippen molar-refractivity contribution in [3.05, 3.63) is 53.7 Å². The molecule has 0 aromatic carbocycles. The molecule has 4 heteroatoms. The van der Waals surface area contributed by atoms with Gasteiger partial charge in [-0.1, -0.05) is 19.9 Å². The normalized spacial score (nSPS) is 11.2. The minimum atomic E-state index is 0.477. The standard InChI is InChI=1S/C16H22N2O2/c1-13(2)9-17-10-14-5-3-6-15(18-14)11-19-12-16-7-4-8-20-16/h3-8,13,17H,9-12H2,1-2H3. The van der Waals surface area contributed by atoms with Gasteiger partial charge in [-0.05, 0) is 36.7 Å². The third kappa shape index (κ3) is 5.15. The fourth-order valence-corrected chi connectivity index (χ4v) is 1.85. The molecule has 0 saturated carbocycles. The minimum Gasteiger partial charge on any atom is -0.467 e. The number of nitrogens with zero attached hydrogens (tertiary/aromatic N) is 1. The molecule has 0 aliphatic carbocycles. The topological polar surface area (TPSA) is 47.3 Å². The molecule has 2 rings (SSSR count). The first-order valence-electron chi connectivity index (χ1n) is 6.99. The van der Waals surface area contributed by atoms with Crippen molar-refractivity contribution in [2.45, 2.75) is 33.6 Å². The van der Waals surface area contributed by atoms with E-state index in [1.54, 1.807) is 6.26 Å². The second-order valence-electron chi connectivity index (χ2n) is 5.22. The number of hydrogen-bond acceptors (Lipinski definition) is 4. The van der Waals surface area contributed by atoms with Gasteiger partial charge < -0.3 is 14.5 Å². The highest BCUT2D eigenvalue weighted by Crippen LogP contribution is 2.06. The number of ether oxygens (including phenoxy) is 1. The smallest absolute Gasteiger partial charge is 0.129 e. The predicted molar refractivity (Wildman–Crippen MR) is 78.0 cm³/mol. The van der Waals surface area contributed by atoms with Crippen LogP contribution in [0.3, 0.4) is 0 Å². The number of nitrogens with one attached hydrogen (secondary N) is 1. The SMILES string of the molecule is CC(C)CNCc1cccc(COCc2ccco2)n1. The monoisotopic (exact) mass is 274 g/mol. The fraction of sp³-hybridized carbons (Fsp3) is 0.438. The van der Waals surface area contributed by atoms with E-state index in [4.69, 9.17) is 9.15 Å². The maximum absolute atomic E-state index is 5.59. The van der Waals surface area contributed by atoms with Crippen molar-refractivity contribution >= 4 is 0 Å². The highest BCUT2D eigenvalue weighted by molar-refractivity contribution is 5.10. The number of aromatic nitrogens is 1. The van der Waals surface area contributed by atoms with Crippen LogP contribution in [0.4, 0.5) is 0 Å². The van der Waals surface area contributed by atoms with Crippen LogP contribution in [0.5, 0.6) is 0 Å². The summed E-state index contributed by atoms with van der Waals surface area (Å²) in [6, 6.07) is 9.79. The molecule has 2 heterocycles. The van der Waals surface area contributed by atoms with Gasteiger partial charge in [0, 0.05) is 6.54 Å². The van der Waals surface area contributed by atoms with Gasteiger partial charge >= 0.3 is 0 Å².